The van der Waals surface area contributed by atoms with Crippen LogP contribution in [0.15, 0.2) is 85.3 Å². The minimum atomic E-state index is -0.326. The van der Waals surface area contributed by atoms with Gasteiger partial charge in [-0.1, -0.05) is 18.2 Å². The topological polar surface area (TPSA) is 92.7 Å². The summed E-state index contributed by atoms with van der Waals surface area (Å²) in [5, 5.41) is 2.98. The lowest BCUT2D eigenvalue weighted by Crippen LogP contribution is -2.48. The van der Waals surface area contributed by atoms with Crippen molar-refractivity contribution in [3.63, 3.8) is 0 Å². The maximum Gasteiger partial charge on any atom is 0.398 e. The van der Waals surface area contributed by atoms with E-state index in [1.807, 2.05) is 60.7 Å². The zero-order chi connectivity index (χ0) is 25.5. The number of hydrogen-bond acceptors (Lipinski definition) is 8. The van der Waals surface area contributed by atoms with Crippen LogP contribution < -0.4 is 15.0 Å². The number of ether oxygens (including phenoxy) is 1. The minimum absolute atomic E-state index is 0.268. The molecule has 2 aromatic carbocycles. The molecule has 1 aliphatic rings. The quantitative estimate of drug-likeness (QED) is 0.370. The van der Waals surface area contributed by atoms with Crippen molar-refractivity contribution >= 4 is 24.9 Å². The van der Waals surface area contributed by atoms with Crippen molar-refractivity contribution in [3.05, 3.63) is 91.0 Å². The first-order valence-corrected chi connectivity index (χ1v) is 12.0. The zero-order valence-corrected chi connectivity index (χ0v) is 20.4. The molecule has 1 amide bonds. The molecule has 0 saturated carbocycles. The lowest BCUT2D eigenvalue weighted by atomic mass is 10.1. The number of anilines is 2. The van der Waals surface area contributed by atoms with Crippen LogP contribution in [-0.4, -0.2) is 66.6 Å². The standard InChI is InChI=1S/C27H26BN6O3/c1-36-28-34-17-15-33(16-18-34)25-12-13-29-19-24(25)32-27(35)23-11-14-30-26(31-23)20-7-9-22(10-8-20)37-21-5-3-2-4-6-21/h2-14,19H,15-18H2,1H3,(H,32,35). The highest BCUT2D eigenvalue weighted by atomic mass is 16.5. The van der Waals surface area contributed by atoms with Gasteiger partial charge in [-0.3, -0.25) is 9.78 Å². The fourth-order valence-electron chi connectivity index (χ4n) is 4.08. The molecule has 5 rings (SSSR count). The number of rotatable bonds is 8. The molecule has 9 nitrogen and oxygen atoms in total. The molecule has 3 heterocycles. The largest absolute Gasteiger partial charge is 0.457 e. The van der Waals surface area contributed by atoms with Crippen LogP contribution >= 0.6 is 0 Å². The molecule has 1 N–H and O–H groups in total. The molecular formula is C27H26BN6O3. The highest BCUT2D eigenvalue weighted by molar-refractivity contribution is 6.23. The summed E-state index contributed by atoms with van der Waals surface area (Å²) in [6, 6.07) is 20.5. The first-order valence-electron chi connectivity index (χ1n) is 12.0. The molecular weight excluding hydrogens is 467 g/mol. The Hall–Kier alpha value is -4.28. The van der Waals surface area contributed by atoms with Gasteiger partial charge >= 0.3 is 7.62 Å². The van der Waals surface area contributed by atoms with Crippen molar-refractivity contribution in [1.82, 2.24) is 19.8 Å². The zero-order valence-electron chi connectivity index (χ0n) is 20.4. The number of piperazine rings is 1. The molecule has 10 heteroatoms. The minimum Gasteiger partial charge on any atom is -0.457 e. The Morgan fingerprint density at radius 3 is 2.43 bits per heavy atom. The maximum absolute atomic E-state index is 13.1. The number of nitrogens with one attached hydrogen (secondary N) is 1. The van der Waals surface area contributed by atoms with E-state index in [1.54, 1.807) is 39.4 Å². The van der Waals surface area contributed by atoms with Crippen LogP contribution in [0.2, 0.25) is 0 Å². The van der Waals surface area contributed by atoms with E-state index in [2.05, 4.69) is 30.0 Å². The predicted octanol–water partition coefficient (Wildman–Crippen LogP) is 3.89. The highest BCUT2D eigenvalue weighted by Gasteiger charge is 2.21. The van der Waals surface area contributed by atoms with E-state index in [1.165, 1.54) is 0 Å². The third-order valence-corrected chi connectivity index (χ3v) is 5.94. The van der Waals surface area contributed by atoms with Crippen molar-refractivity contribution in [2.75, 3.05) is 43.5 Å². The third-order valence-electron chi connectivity index (χ3n) is 5.94. The Morgan fingerprint density at radius 1 is 0.919 bits per heavy atom. The van der Waals surface area contributed by atoms with Gasteiger partial charge in [0, 0.05) is 51.2 Å². The van der Waals surface area contributed by atoms with E-state index in [-0.39, 0.29) is 11.6 Å². The van der Waals surface area contributed by atoms with Gasteiger partial charge in [-0.05, 0) is 48.5 Å². The number of carbonyl (C=O) groups is 1. The van der Waals surface area contributed by atoms with Crippen LogP contribution in [0.1, 0.15) is 10.5 Å². The molecule has 185 valence electrons. The van der Waals surface area contributed by atoms with E-state index in [9.17, 15) is 4.79 Å². The van der Waals surface area contributed by atoms with E-state index >= 15 is 0 Å². The van der Waals surface area contributed by atoms with Gasteiger partial charge in [0.1, 0.15) is 17.2 Å². The Bertz CT molecular complexity index is 1330. The van der Waals surface area contributed by atoms with E-state index in [0.29, 0.717) is 17.3 Å². The number of nitrogens with zero attached hydrogens (tertiary/aromatic N) is 5. The molecule has 0 aliphatic carbocycles. The van der Waals surface area contributed by atoms with Gasteiger partial charge < -0.3 is 24.4 Å². The summed E-state index contributed by atoms with van der Waals surface area (Å²) in [5.41, 5.74) is 2.61. The maximum atomic E-state index is 13.1. The van der Waals surface area contributed by atoms with Crippen LogP contribution in [0, 0.1) is 0 Å². The number of hydrogen-bond donors (Lipinski definition) is 1. The summed E-state index contributed by atoms with van der Waals surface area (Å²) in [7, 11) is 3.39. The van der Waals surface area contributed by atoms with Crippen molar-refractivity contribution in [2.24, 2.45) is 0 Å². The lowest BCUT2D eigenvalue weighted by molar-refractivity contribution is 0.102. The summed E-state index contributed by atoms with van der Waals surface area (Å²) >= 11 is 0. The molecule has 2 aromatic heterocycles. The van der Waals surface area contributed by atoms with Crippen molar-refractivity contribution < 1.29 is 14.2 Å². The third kappa shape index (κ3) is 6.11. The molecule has 0 unspecified atom stereocenters. The van der Waals surface area contributed by atoms with Crippen molar-refractivity contribution in [2.45, 2.75) is 0 Å². The number of amides is 1. The summed E-state index contributed by atoms with van der Waals surface area (Å²) in [5.74, 6) is 1.59. The molecule has 37 heavy (non-hydrogen) atoms. The van der Waals surface area contributed by atoms with Crippen LogP contribution in [0.5, 0.6) is 11.5 Å². The van der Waals surface area contributed by atoms with E-state index in [4.69, 9.17) is 9.39 Å². The fraction of sp³-hybridized carbons (Fsp3) is 0.185. The van der Waals surface area contributed by atoms with Gasteiger partial charge in [0.05, 0.1) is 17.6 Å². The van der Waals surface area contributed by atoms with Crippen molar-refractivity contribution in [1.29, 1.82) is 0 Å². The first kappa shape index (κ1) is 24.4. The Kier molecular flexibility index (Phi) is 7.68. The SMILES string of the molecule is CO[B]N1CCN(c2ccncc2NC(=O)c2ccnc(-c3ccc(Oc4ccccc4)cc3)n2)CC1. The Morgan fingerprint density at radius 2 is 1.68 bits per heavy atom. The first-order chi connectivity index (χ1) is 18.2. The average molecular weight is 493 g/mol. The van der Waals surface area contributed by atoms with Gasteiger partial charge in [0.2, 0.25) is 0 Å². The molecule has 0 atom stereocenters. The number of aromatic nitrogens is 3. The summed E-state index contributed by atoms with van der Waals surface area (Å²) in [6.07, 6.45) is 4.97. The number of benzene rings is 2. The average Bonchev–Trinajstić information content (AvgIpc) is 2.95. The van der Waals surface area contributed by atoms with E-state index in [0.717, 1.165) is 43.2 Å². The van der Waals surface area contributed by atoms with Gasteiger partial charge in [-0.15, -0.1) is 0 Å². The Labute approximate surface area is 216 Å². The van der Waals surface area contributed by atoms with Crippen LogP contribution in [0.3, 0.4) is 0 Å². The van der Waals surface area contributed by atoms with Crippen LogP contribution in [0.4, 0.5) is 11.4 Å². The molecule has 0 bridgehead atoms. The van der Waals surface area contributed by atoms with Gasteiger partial charge in [0.15, 0.2) is 5.82 Å². The lowest BCUT2D eigenvalue weighted by Gasteiger charge is -2.36. The Balaban J connectivity index is 1.27. The molecule has 1 saturated heterocycles. The molecule has 1 fully saturated rings. The number of pyridine rings is 1. The molecule has 0 spiro atoms. The number of carbonyl (C=O) groups excluding carboxylic acids is 1. The second-order valence-corrected chi connectivity index (χ2v) is 8.42. The van der Waals surface area contributed by atoms with Crippen LogP contribution in [0.25, 0.3) is 11.4 Å². The highest BCUT2D eigenvalue weighted by Crippen LogP contribution is 2.27. The van der Waals surface area contributed by atoms with Gasteiger partial charge in [0.25, 0.3) is 5.91 Å². The molecule has 1 radical (unpaired) electrons. The molecule has 4 aromatic rings. The van der Waals surface area contributed by atoms with Gasteiger partial charge in [-0.25, -0.2) is 9.97 Å². The normalized spacial score (nSPS) is 13.7. The number of para-hydroxylation sites is 1. The predicted molar refractivity (Wildman–Crippen MR) is 143 cm³/mol. The second kappa shape index (κ2) is 11.6. The smallest absolute Gasteiger partial charge is 0.398 e. The summed E-state index contributed by atoms with van der Waals surface area (Å²) in [4.78, 5) is 30.5. The van der Waals surface area contributed by atoms with Crippen molar-refractivity contribution in [3.8, 4) is 22.9 Å². The second-order valence-electron chi connectivity index (χ2n) is 8.42. The molecule has 1 aliphatic heterocycles. The van der Waals surface area contributed by atoms with Gasteiger partial charge in [-0.2, -0.15) is 0 Å². The monoisotopic (exact) mass is 493 g/mol. The van der Waals surface area contributed by atoms with E-state index < -0.39 is 0 Å². The fourth-order valence-corrected chi connectivity index (χ4v) is 4.08. The summed E-state index contributed by atoms with van der Waals surface area (Å²) < 4.78 is 11.0. The van der Waals surface area contributed by atoms with Crippen LogP contribution in [-0.2, 0) is 4.65 Å². The summed E-state index contributed by atoms with van der Waals surface area (Å²) in [6.45, 7) is 3.25.